The van der Waals surface area contributed by atoms with Crippen molar-refractivity contribution in [1.29, 1.82) is 0 Å². The van der Waals surface area contributed by atoms with Gasteiger partial charge in [0.05, 0.1) is 4.90 Å². The van der Waals surface area contributed by atoms with Gasteiger partial charge >= 0.3 is 0 Å². The minimum absolute atomic E-state index is 0.160. The molecule has 0 amide bonds. The van der Waals surface area contributed by atoms with E-state index in [4.69, 9.17) is 0 Å². The monoisotopic (exact) mass is 357 g/mol. The van der Waals surface area contributed by atoms with Crippen LogP contribution in [0.1, 0.15) is 35.3 Å². The molecule has 0 aliphatic rings. The van der Waals surface area contributed by atoms with Crippen molar-refractivity contribution < 1.29 is 13.2 Å². The van der Waals surface area contributed by atoms with Gasteiger partial charge in [-0.1, -0.05) is 49.8 Å². The molecule has 0 saturated carbocycles. The molecular formula is C20H23NO3S. The van der Waals surface area contributed by atoms with E-state index in [1.807, 2.05) is 31.2 Å². The first-order valence-electron chi connectivity index (χ1n) is 8.27. The van der Waals surface area contributed by atoms with Crippen molar-refractivity contribution >= 4 is 21.9 Å². The third-order valence-electron chi connectivity index (χ3n) is 3.99. The van der Waals surface area contributed by atoms with Crippen molar-refractivity contribution in [1.82, 2.24) is 4.31 Å². The Hall–Kier alpha value is -2.24. The van der Waals surface area contributed by atoms with Gasteiger partial charge in [0.25, 0.3) is 0 Å². The number of nitrogens with zero attached hydrogens (tertiary/aromatic N) is 1. The van der Waals surface area contributed by atoms with Gasteiger partial charge in [-0.05, 0) is 42.8 Å². The van der Waals surface area contributed by atoms with E-state index >= 15 is 0 Å². The molecular weight excluding hydrogens is 334 g/mol. The Labute approximate surface area is 149 Å². The fraction of sp³-hybridized carbons (Fsp3) is 0.250. The highest BCUT2D eigenvalue weighted by molar-refractivity contribution is 7.89. The maximum Gasteiger partial charge on any atom is 0.243 e. The number of hydrogen-bond donors (Lipinski definition) is 0. The van der Waals surface area contributed by atoms with E-state index in [9.17, 15) is 13.2 Å². The summed E-state index contributed by atoms with van der Waals surface area (Å²) in [7, 11) is -3.50. The summed E-state index contributed by atoms with van der Waals surface area (Å²) in [6.07, 6.45) is 3.25. The molecule has 0 aliphatic carbocycles. The Bertz CT molecular complexity index is 847. The average Bonchev–Trinajstić information content (AvgIpc) is 2.62. The summed E-state index contributed by atoms with van der Waals surface area (Å²) in [5.41, 5.74) is 2.56. The van der Waals surface area contributed by atoms with Crippen LogP contribution in [0.2, 0.25) is 0 Å². The van der Waals surface area contributed by atoms with Gasteiger partial charge in [-0.2, -0.15) is 4.31 Å². The third-order valence-corrected chi connectivity index (χ3v) is 6.05. The highest BCUT2D eigenvalue weighted by Crippen LogP contribution is 2.17. The van der Waals surface area contributed by atoms with Gasteiger partial charge in [0.2, 0.25) is 10.0 Å². The van der Waals surface area contributed by atoms with Gasteiger partial charge in [0.1, 0.15) is 0 Å². The van der Waals surface area contributed by atoms with Crippen molar-refractivity contribution in [2.45, 2.75) is 25.7 Å². The highest BCUT2D eigenvalue weighted by Gasteiger charge is 2.21. The lowest BCUT2D eigenvalue weighted by Crippen LogP contribution is -2.30. The molecule has 5 heteroatoms. The molecule has 132 valence electrons. The number of sulfonamides is 1. The molecule has 2 aromatic rings. The van der Waals surface area contributed by atoms with E-state index in [0.29, 0.717) is 18.7 Å². The van der Waals surface area contributed by atoms with Crippen LogP contribution in [-0.2, 0) is 10.0 Å². The maximum atomic E-state index is 12.4. The molecule has 0 aromatic heterocycles. The molecule has 0 fully saturated rings. The van der Waals surface area contributed by atoms with Crippen LogP contribution in [0, 0.1) is 6.92 Å². The Morgan fingerprint density at radius 1 is 0.960 bits per heavy atom. The summed E-state index contributed by atoms with van der Waals surface area (Å²) in [4.78, 5) is 12.4. The quantitative estimate of drug-likeness (QED) is 0.557. The second-order valence-electron chi connectivity index (χ2n) is 5.72. The molecule has 0 N–H and O–H groups in total. The van der Waals surface area contributed by atoms with Crippen LogP contribution in [0.5, 0.6) is 0 Å². The Morgan fingerprint density at radius 3 is 2.04 bits per heavy atom. The molecule has 2 rings (SSSR count). The van der Waals surface area contributed by atoms with Crippen molar-refractivity contribution in [2.75, 3.05) is 13.1 Å². The van der Waals surface area contributed by atoms with Gasteiger partial charge in [-0.3, -0.25) is 4.79 Å². The molecule has 25 heavy (non-hydrogen) atoms. The van der Waals surface area contributed by atoms with Crippen LogP contribution >= 0.6 is 0 Å². The molecule has 0 bridgehead atoms. The van der Waals surface area contributed by atoms with Gasteiger partial charge in [0.15, 0.2) is 5.78 Å². The van der Waals surface area contributed by atoms with Crippen LogP contribution in [0.25, 0.3) is 6.08 Å². The highest BCUT2D eigenvalue weighted by atomic mass is 32.2. The minimum atomic E-state index is -3.50. The van der Waals surface area contributed by atoms with E-state index in [1.54, 1.807) is 32.1 Å². The summed E-state index contributed by atoms with van der Waals surface area (Å²) in [6.45, 7) is 6.44. The first kappa shape index (κ1) is 19.1. The number of hydrogen-bond acceptors (Lipinski definition) is 3. The predicted molar refractivity (Wildman–Crippen MR) is 101 cm³/mol. The van der Waals surface area contributed by atoms with Crippen molar-refractivity contribution in [2.24, 2.45) is 0 Å². The number of rotatable bonds is 7. The molecule has 0 saturated heterocycles. The molecule has 2 aromatic carbocycles. The van der Waals surface area contributed by atoms with Crippen molar-refractivity contribution in [3.8, 4) is 0 Å². The summed E-state index contributed by atoms with van der Waals surface area (Å²) in [5.74, 6) is -0.160. The Morgan fingerprint density at radius 2 is 1.52 bits per heavy atom. The molecule has 0 atom stereocenters. The molecule has 0 aliphatic heterocycles. The number of aryl methyl sites for hydroxylation is 1. The molecule has 4 nitrogen and oxygen atoms in total. The third kappa shape index (κ3) is 4.65. The zero-order valence-electron chi connectivity index (χ0n) is 14.8. The number of allylic oxidation sites excluding steroid dienone is 1. The van der Waals surface area contributed by atoms with Crippen LogP contribution < -0.4 is 0 Å². The Kier molecular flexibility index (Phi) is 6.28. The summed E-state index contributed by atoms with van der Waals surface area (Å²) in [6, 6.07) is 13.9. The molecule has 0 radical (unpaired) electrons. The first-order valence-corrected chi connectivity index (χ1v) is 9.71. The minimum Gasteiger partial charge on any atom is -0.289 e. The van der Waals surface area contributed by atoms with Gasteiger partial charge in [0, 0.05) is 18.7 Å². The second-order valence-corrected chi connectivity index (χ2v) is 7.66. The fourth-order valence-electron chi connectivity index (χ4n) is 2.45. The average molecular weight is 357 g/mol. The van der Waals surface area contributed by atoms with Crippen LogP contribution in [0.15, 0.2) is 59.5 Å². The van der Waals surface area contributed by atoms with Gasteiger partial charge < -0.3 is 0 Å². The standard InChI is InChI=1S/C20H23NO3S/c1-4-21(5-2)25(23,24)19-13-11-18(12-14-19)20(22)15-10-17-8-6-16(3)7-9-17/h6-15H,4-5H2,1-3H3/b15-10+. The van der Waals surface area contributed by atoms with Gasteiger partial charge in [-0.25, -0.2) is 8.42 Å². The fourth-order valence-corrected chi connectivity index (χ4v) is 3.91. The summed E-state index contributed by atoms with van der Waals surface area (Å²) >= 11 is 0. The lowest BCUT2D eigenvalue weighted by Gasteiger charge is -2.18. The summed E-state index contributed by atoms with van der Waals surface area (Å²) in [5, 5.41) is 0. The predicted octanol–water partition coefficient (Wildman–Crippen LogP) is 3.92. The summed E-state index contributed by atoms with van der Waals surface area (Å²) < 4.78 is 26.3. The van der Waals surface area contributed by atoms with E-state index in [2.05, 4.69) is 0 Å². The lowest BCUT2D eigenvalue weighted by atomic mass is 10.1. The first-order chi connectivity index (χ1) is 11.9. The SMILES string of the molecule is CCN(CC)S(=O)(=O)c1ccc(C(=O)/C=C/c2ccc(C)cc2)cc1. The van der Waals surface area contributed by atoms with E-state index in [1.165, 1.54) is 22.5 Å². The molecule has 0 spiro atoms. The van der Waals surface area contributed by atoms with E-state index in [0.717, 1.165) is 11.1 Å². The number of ketones is 1. The van der Waals surface area contributed by atoms with E-state index in [-0.39, 0.29) is 10.7 Å². The largest absolute Gasteiger partial charge is 0.289 e. The smallest absolute Gasteiger partial charge is 0.243 e. The lowest BCUT2D eigenvalue weighted by molar-refractivity contribution is 0.104. The maximum absolute atomic E-state index is 12.4. The number of carbonyl (C=O) groups is 1. The van der Waals surface area contributed by atoms with Crippen molar-refractivity contribution in [3.05, 3.63) is 71.3 Å². The van der Waals surface area contributed by atoms with Gasteiger partial charge in [-0.15, -0.1) is 0 Å². The normalized spacial score (nSPS) is 12.0. The van der Waals surface area contributed by atoms with Crippen LogP contribution in [0.4, 0.5) is 0 Å². The molecule has 0 unspecified atom stereocenters. The van der Waals surface area contributed by atoms with E-state index < -0.39 is 10.0 Å². The zero-order chi connectivity index (χ0) is 18.4. The Balaban J connectivity index is 2.16. The van der Waals surface area contributed by atoms with Crippen molar-refractivity contribution in [3.63, 3.8) is 0 Å². The second kappa shape index (κ2) is 8.23. The van der Waals surface area contributed by atoms with Crippen LogP contribution in [0.3, 0.4) is 0 Å². The zero-order valence-corrected chi connectivity index (χ0v) is 15.6. The number of benzene rings is 2. The topological polar surface area (TPSA) is 54.5 Å². The molecule has 0 heterocycles. The van der Waals surface area contributed by atoms with Crippen LogP contribution in [-0.4, -0.2) is 31.6 Å². The number of carbonyl (C=O) groups excluding carboxylic acids is 1.